The third-order valence-electron chi connectivity index (χ3n) is 2.84. The van der Waals surface area contributed by atoms with E-state index in [9.17, 15) is 8.76 Å². The third-order valence-corrected chi connectivity index (χ3v) is 4.47. The zero-order valence-electron chi connectivity index (χ0n) is 11.6. The first-order chi connectivity index (χ1) is 10.1. The van der Waals surface area contributed by atoms with Crippen LogP contribution in [0.2, 0.25) is 0 Å². The average molecular weight is 322 g/mol. The number of rotatable bonds is 7. The van der Waals surface area contributed by atoms with Crippen LogP contribution in [0.3, 0.4) is 0 Å². The molecule has 1 atom stereocenters. The van der Waals surface area contributed by atoms with E-state index in [1.807, 2.05) is 29.9 Å². The van der Waals surface area contributed by atoms with Crippen molar-refractivity contribution in [2.45, 2.75) is 16.5 Å². The first-order valence-corrected chi connectivity index (χ1v) is 8.21. The molecule has 1 aromatic carbocycles. The van der Waals surface area contributed by atoms with Crippen molar-refractivity contribution in [2.24, 2.45) is 7.05 Å². The molecule has 0 aliphatic rings. The SMILES string of the molecule is C=C(NCCc1ccc(S(=O)[O-])cc1)Sc1nccn1C. The molecule has 1 N–H and O–H groups in total. The van der Waals surface area contributed by atoms with Gasteiger partial charge in [-0.3, -0.25) is 4.21 Å². The van der Waals surface area contributed by atoms with Gasteiger partial charge in [-0.2, -0.15) is 0 Å². The first kappa shape index (κ1) is 15.8. The van der Waals surface area contributed by atoms with E-state index < -0.39 is 11.1 Å². The standard InChI is InChI=1S/C14H17N3O2S2/c1-11(20-14-16-9-10-17(14)2)15-8-7-12-3-5-13(6-4-12)21(18)19/h3-6,9-10,15H,1,7-8H2,2H3,(H,18,19)/p-1. The number of aryl methyl sites for hydroxylation is 1. The van der Waals surface area contributed by atoms with E-state index in [4.69, 9.17) is 0 Å². The fraction of sp³-hybridized carbons (Fsp3) is 0.214. The van der Waals surface area contributed by atoms with E-state index in [1.54, 1.807) is 18.3 Å². The molecular formula is C14H16N3O2S2-. The van der Waals surface area contributed by atoms with Gasteiger partial charge in [0, 0.05) is 30.9 Å². The number of thioether (sulfide) groups is 1. The predicted octanol–water partition coefficient (Wildman–Crippen LogP) is 2.05. The molecular weight excluding hydrogens is 306 g/mol. The molecule has 7 heteroatoms. The zero-order valence-corrected chi connectivity index (χ0v) is 13.2. The number of nitrogens with zero attached hydrogens (tertiary/aromatic N) is 2. The van der Waals surface area contributed by atoms with Gasteiger partial charge in [-0.15, -0.1) is 0 Å². The van der Waals surface area contributed by atoms with Crippen LogP contribution in [-0.4, -0.2) is 24.9 Å². The second-order valence-corrected chi connectivity index (χ2v) is 6.40. The molecule has 0 saturated carbocycles. The lowest BCUT2D eigenvalue weighted by molar-refractivity contribution is 0.537. The highest BCUT2D eigenvalue weighted by Crippen LogP contribution is 2.20. The summed E-state index contributed by atoms with van der Waals surface area (Å²) < 4.78 is 23.4. The third kappa shape index (κ3) is 4.73. The molecule has 5 nitrogen and oxygen atoms in total. The zero-order chi connectivity index (χ0) is 15.2. The number of nitrogens with one attached hydrogen (secondary N) is 1. The van der Waals surface area contributed by atoms with Crippen molar-refractivity contribution in [2.75, 3.05) is 6.54 Å². The number of hydrogen-bond donors (Lipinski definition) is 1. The lowest BCUT2D eigenvalue weighted by atomic mass is 10.1. The fourth-order valence-corrected chi connectivity index (χ4v) is 2.78. The highest BCUT2D eigenvalue weighted by Gasteiger charge is 2.03. The van der Waals surface area contributed by atoms with Crippen molar-refractivity contribution in [1.29, 1.82) is 0 Å². The Bertz CT molecular complexity index is 638. The van der Waals surface area contributed by atoms with Gasteiger partial charge in [0.05, 0.1) is 5.03 Å². The topological polar surface area (TPSA) is 70.0 Å². The Hall–Kier alpha value is -1.57. The second-order valence-electron chi connectivity index (χ2n) is 4.40. The molecule has 0 radical (unpaired) electrons. The minimum absolute atomic E-state index is 0.307. The van der Waals surface area contributed by atoms with Crippen molar-refractivity contribution in [3.8, 4) is 0 Å². The van der Waals surface area contributed by atoms with Crippen LogP contribution < -0.4 is 5.32 Å². The maximum atomic E-state index is 10.8. The highest BCUT2D eigenvalue weighted by atomic mass is 32.2. The molecule has 1 unspecified atom stereocenters. The van der Waals surface area contributed by atoms with E-state index in [-0.39, 0.29) is 0 Å². The summed E-state index contributed by atoms with van der Waals surface area (Å²) >= 11 is -0.680. The van der Waals surface area contributed by atoms with Crippen LogP contribution in [0, 0.1) is 0 Å². The summed E-state index contributed by atoms with van der Waals surface area (Å²) in [5.74, 6) is 0. The first-order valence-electron chi connectivity index (χ1n) is 6.32. The van der Waals surface area contributed by atoms with Gasteiger partial charge >= 0.3 is 0 Å². The van der Waals surface area contributed by atoms with Crippen LogP contribution in [0.25, 0.3) is 0 Å². The largest absolute Gasteiger partial charge is 0.768 e. The summed E-state index contributed by atoms with van der Waals surface area (Å²) in [6, 6.07) is 6.86. The Morgan fingerprint density at radius 1 is 1.48 bits per heavy atom. The van der Waals surface area contributed by atoms with Crippen molar-refractivity contribution in [3.05, 3.63) is 53.8 Å². The normalized spacial score (nSPS) is 12.1. The van der Waals surface area contributed by atoms with Gasteiger partial charge in [-0.1, -0.05) is 18.7 Å². The Morgan fingerprint density at radius 3 is 2.76 bits per heavy atom. The van der Waals surface area contributed by atoms with Gasteiger partial charge in [0.15, 0.2) is 5.16 Å². The molecule has 0 fully saturated rings. The molecule has 0 amide bonds. The summed E-state index contributed by atoms with van der Waals surface area (Å²) in [5.41, 5.74) is 1.08. The minimum atomic E-state index is -2.16. The quantitative estimate of drug-likeness (QED) is 0.624. The molecule has 21 heavy (non-hydrogen) atoms. The molecule has 0 aliphatic heterocycles. The van der Waals surface area contributed by atoms with Gasteiger partial charge in [-0.05, 0) is 47.0 Å². The van der Waals surface area contributed by atoms with E-state index in [0.29, 0.717) is 4.90 Å². The molecule has 2 rings (SSSR count). The number of benzene rings is 1. The van der Waals surface area contributed by atoms with E-state index in [0.717, 1.165) is 28.7 Å². The van der Waals surface area contributed by atoms with Gasteiger partial charge in [0.25, 0.3) is 0 Å². The molecule has 2 aromatic rings. The van der Waals surface area contributed by atoms with E-state index >= 15 is 0 Å². The lowest BCUT2D eigenvalue weighted by Crippen LogP contribution is -2.14. The summed E-state index contributed by atoms with van der Waals surface area (Å²) in [5, 5.41) is 4.95. The van der Waals surface area contributed by atoms with E-state index in [2.05, 4.69) is 16.9 Å². The lowest BCUT2D eigenvalue weighted by Gasteiger charge is -2.10. The van der Waals surface area contributed by atoms with Gasteiger partial charge in [-0.25, -0.2) is 4.98 Å². The van der Waals surface area contributed by atoms with Gasteiger partial charge in [0.1, 0.15) is 0 Å². The van der Waals surface area contributed by atoms with Crippen molar-refractivity contribution in [3.63, 3.8) is 0 Å². The van der Waals surface area contributed by atoms with Crippen LogP contribution in [0.5, 0.6) is 0 Å². The fourth-order valence-electron chi connectivity index (χ4n) is 1.71. The molecule has 0 spiro atoms. The van der Waals surface area contributed by atoms with E-state index in [1.165, 1.54) is 11.8 Å². The molecule has 1 aromatic heterocycles. The Balaban J connectivity index is 1.77. The number of aromatic nitrogens is 2. The van der Waals surface area contributed by atoms with Gasteiger partial charge < -0.3 is 14.4 Å². The maximum Gasteiger partial charge on any atom is 0.173 e. The smallest absolute Gasteiger partial charge is 0.173 e. The second kappa shape index (κ2) is 7.44. The Kier molecular flexibility index (Phi) is 5.60. The number of imidazole rings is 1. The average Bonchev–Trinajstić information content (AvgIpc) is 2.85. The van der Waals surface area contributed by atoms with Crippen LogP contribution in [-0.2, 0) is 24.5 Å². The molecule has 0 aliphatic carbocycles. The molecule has 0 saturated heterocycles. The Labute approximate surface area is 130 Å². The van der Waals surface area contributed by atoms with Crippen LogP contribution in [0.4, 0.5) is 0 Å². The predicted molar refractivity (Wildman–Crippen MR) is 83.5 cm³/mol. The summed E-state index contributed by atoms with van der Waals surface area (Å²) in [6.45, 7) is 4.69. The minimum Gasteiger partial charge on any atom is -0.768 e. The number of hydrogen-bond acceptors (Lipinski definition) is 5. The van der Waals surface area contributed by atoms with Crippen LogP contribution >= 0.6 is 11.8 Å². The summed E-state index contributed by atoms with van der Waals surface area (Å²) in [7, 11) is 1.93. The van der Waals surface area contributed by atoms with Crippen molar-refractivity contribution >= 4 is 22.8 Å². The van der Waals surface area contributed by atoms with Crippen molar-refractivity contribution < 1.29 is 8.76 Å². The van der Waals surface area contributed by atoms with Crippen LogP contribution in [0.15, 0.2) is 58.3 Å². The van der Waals surface area contributed by atoms with Gasteiger partial charge in [0.2, 0.25) is 0 Å². The molecule has 1 heterocycles. The van der Waals surface area contributed by atoms with Crippen molar-refractivity contribution in [1.82, 2.24) is 14.9 Å². The molecule has 112 valence electrons. The molecule has 0 bridgehead atoms. The Morgan fingerprint density at radius 2 is 2.19 bits per heavy atom. The summed E-state index contributed by atoms with van der Waals surface area (Å²) in [6.07, 6.45) is 4.43. The monoisotopic (exact) mass is 322 g/mol. The highest BCUT2D eigenvalue weighted by molar-refractivity contribution is 8.02. The summed E-state index contributed by atoms with van der Waals surface area (Å²) in [4.78, 5) is 4.52. The maximum absolute atomic E-state index is 10.8. The van der Waals surface area contributed by atoms with Crippen LogP contribution in [0.1, 0.15) is 5.56 Å².